The Morgan fingerprint density at radius 2 is 2.20 bits per heavy atom. The highest BCUT2D eigenvalue weighted by molar-refractivity contribution is 5.39. The number of nitrogens with one attached hydrogen (secondary N) is 1. The van der Waals surface area contributed by atoms with Crippen molar-refractivity contribution in [3.05, 3.63) is 29.3 Å². The molecule has 1 aromatic rings. The van der Waals surface area contributed by atoms with Gasteiger partial charge in [-0.05, 0) is 51.8 Å². The van der Waals surface area contributed by atoms with Crippen molar-refractivity contribution in [2.45, 2.75) is 38.8 Å². The van der Waals surface area contributed by atoms with E-state index in [1.807, 2.05) is 0 Å². The Hall–Kier alpha value is -1.06. The molecule has 2 aliphatic rings. The van der Waals surface area contributed by atoms with Crippen LogP contribution in [0.1, 0.15) is 36.9 Å². The van der Waals surface area contributed by atoms with Crippen LogP contribution in [0.15, 0.2) is 18.2 Å². The number of hydrogen-bond acceptors (Lipinski definition) is 3. The number of ether oxygens (including phenoxy) is 1. The second-order valence-corrected chi connectivity index (χ2v) is 6.29. The highest BCUT2D eigenvalue weighted by Gasteiger charge is 2.37. The molecule has 3 atom stereocenters. The lowest BCUT2D eigenvalue weighted by atomic mass is 9.89. The summed E-state index contributed by atoms with van der Waals surface area (Å²) in [6.45, 7) is 8.03. The third-order valence-electron chi connectivity index (χ3n) is 5.05. The highest BCUT2D eigenvalue weighted by atomic mass is 16.5. The number of methoxy groups -OCH3 is 1. The summed E-state index contributed by atoms with van der Waals surface area (Å²) in [5.41, 5.74) is 2.64. The topological polar surface area (TPSA) is 24.5 Å². The minimum Gasteiger partial charge on any atom is -0.496 e. The Morgan fingerprint density at radius 3 is 3.00 bits per heavy atom. The monoisotopic (exact) mass is 274 g/mol. The summed E-state index contributed by atoms with van der Waals surface area (Å²) in [7, 11) is 1.77. The number of likely N-dealkylation sites (tertiary alicyclic amines) is 1. The molecule has 2 fully saturated rings. The lowest BCUT2D eigenvalue weighted by Gasteiger charge is -2.41. The summed E-state index contributed by atoms with van der Waals surface area (Å²) in [4.78, 5) is 2.69. The molecule has 1 aromatic carbocycles. The van der Waals surface area contributed by atoms with Crippen molar-refractivity contribution < 1.29 is 4.74 Å². The van der Waals surface area contributed by atoms with Gasteiger partial charge in [0.05, 0.1) is 7.11 Å². The predicted molar refractivity (Wildman–Crippen MR) is 82.2 cm³/mol. The quantitative estimate of drug-likeness (QED) is 0.917. The van der Waals surface area contributed by atoms with E-state index in [0.29, 0.717) is 12.1 Å². The molecule has 3 rings (SSSR count). The number of rotatable bonds is 3. The van der Waals surface area contributed by atoms with Gasteiger partial charge in [0.15, 0.2) is 0 Å². The number of piperidine rings is 1. The molecule has 2 aliphatic heterocycles. The summed E-state index contributed by atoms with van der Waals surface area (Å²) in [6.07, 6.45) is 2.70. The van der Waals surface area contributed by atoms with Gasteiger partial charge in [-0.2, -0.15) is 0 Å². The molecule has 0 aliphatic carbocycles. The second-order valence-electron chi connectivity index (χ2n) is 6.29. The van der Waals surface area contributed by atoms with Crippen molar-refractivity contribution in [3.63, 3.8) is 0 Å². The third-order valence-corrected chi connectivity index (χ3v) is 5.05. The van der Waals surface area contributed by atoms with Crippen LogP contribution in [0.25, 0.3) is 0 Å². The number of aryl methyl sites for hydroxylation is 1. The highest BCUT2D eigenvalue weighted by Crippen LogP contribution is 2.36. The fourth-order valence-corrected chi connectivity index (χ4v) is 3.94. The molecule has 0 saturated carbocycles. The first-order chi connectivity index (χ1) is 9.70. The van der Waals surface area contributed by atoms with Gasteiger partial charge < -0.3 is 10.1 Å². The van der Waals surface area contributed by atoms with Crippen LogP contribution in [0.2, 0.25) is 0 Å². The van der Waals surface area contributed by atoms with Gasteiger partial charge in [-0.3, -0.25) is 4.90 Å². The lowest BCUT2D eigenvalue weighted by Crippen LogP contribution is -2.46. The molecule has 3 heteroatoms. The van der Waals surface area contributed by atoms with E-state index >= 15 is 0 Å². The van der Waals surface area contributed by atoms with Crippen LogP contribution >= 0.6 is 0 Å². The molecular formula is C17H26N2O. The summed E-state index contributed by atoms with van der Waals surface area (Å²) in [5.74, 6) is 1.86. The first-order valence-corrected chi connectivity index (χ1v) is 7.81. The van der Waals surface area contributed by atoms with Crippen LogP contribution < -0.4 is 10.1 Å². The van der Waals surface area contributed by atoms with Gasteiger partial charge >= 0.3 is 0 Å². The van der Waals surface area contributed by atoms with E-state index in [1.165, 1.54) is 37.1 Å². The molecule has 0 bridgehead atoms. The van der Waals surface area contributed by atoms with Crippen molar-refractivity contribution >= 4 is 0 Å². The molecule has 110 valence electrons. The van der Waals surface area contributed by atoms with Gasteiger partial charge in [0.25, 0.3) is 0 Å². The Morgan fingerprint density at radius 1 is 1.35 bits per heavy atom. The zero-order valence-corrected chi connectivity index (χ0v) is 12.9. The van der Waals surface area contributed by atoms with Gasteiger partial charge in [0.1, 0.15) is 5.75 Å². The van der Waals surface area contributed by atoms with E-state index in [-0.39, 0.29) is 0 Å². The van der Waals surface area contributed by atoms with Gasteiger partial charge in [-0.15, -0.1) is 0 Å². The van der Waals surface area contributed by atoms with Crippen molar-refractivity contribution in [2.75, 3.05) is 26.7 Å². The van der Waals surface area contributed by atoms with Crippen molar-refractivity contribution in [3.8, 4) is 5.75 Å². The largest absolute Gasteiger partial charge is 0.496 e. The summed E-state index contributed by atoms with van der Waals surface area (Å²) < 4.78 is 5.58. The van der Waals surface area contributed by atoms with E-state index in [0.717, 1.165) is 18.2 Å². The van der Waals surface area contributed by atoms with Gasteiger partial charge in [0.2, 0.25) is 0 Å². The summed E-state index contributed by atoms with van der Waals surface area (Å²) in [5, 5.41) is 3.57. The maximum atomic E-state index is 5.58. The molecule has 0 spiro atoms. The maximum absolute atomic E-state index is 5.58. The fourth-order valence-electron chi connectivity index (χ4n) is 3.94. The van der Waals surface area contributed by atoms with Crippen molar-refractivity contribution in [1.82, 2.24) is 10.2 Å². The molecule has 2 heterocycles. The van der Waals surface area contributed by atoms with Crippen LogP contribution in [0, 0.1) is 12.8 Å². The van der Waals surface area contributed by atoms with E-state index in [2.05, 4.69) is 42.3 Å². The van der Waals surface area contributed by atoms with Crippen molar-refractivity contribution in [1.29, 1.82) is 0 Å². The Balaban J connectivity index is 1.87. The molecule has 3 unspecified atom stereocenters. The Kier molecular flexibility index (Phi) is 3.99. The molecule has 1 N–H and O–H groups in total. The fraction of sp³-hybridized carbons (Fsp3) is 0.647. The number of fused-ring (bicyclic) bond motifs is 1. The average molecular weight is 274 g/mol. The van der Waals surface area contributed by atoms with Gasteiger partial charge in [-0.1, -0.05) is 17.7 Å². The van der Waals surface area contributed by atoms with Gasteiger partial charge in [0, 0.05) is 24.2 Å². The maximum Gasteiger partial charge on any atom is 0.123 e. The van der Waals surface area contributed by atoms with Crippen LogP contribution in [-0.2, 0) is 0 Å². The lowest BCUT2D eigenvalue weighted by molar-refractivity contribution is 0.0835. The first kappa shape index (κ1) is 13.9. The minimum absolute atomic E-state index is 0.428. The van der Waals surface area contributed by atoms with Crippen LogP contribution in [0.5, 0.6) is 5.75 Å². The Bertz CT molecular complexity index is 474. The van der Waals surface area contributed by atoms with Gasteiger partial charge in [-0.25, -0.2) is 0 Å². The zero-order valence-electron chi connectivity index (χ0n) is 12.9. The normalized spacial score (nSPS) is 28.1. The SMILES string of the molecule is COc1ccc(C)cc1C(C)N1CCCC2CNCC21. The standard InChI is InChI=1S/C17H26N2O/c1-12-6-7-17(20-3)15(9-12)13(2)19-8-4-5-14-10-18-11-16(14)19/h6-7,9,13-14,16,18H,4-5,8,10-11H2,1-3H3. The zero-order chi connectivity index (χ0) is 14.1. The molecule has 0 aromatic heterocycles. The number of nitrogens with zero attached hydrogens (tertiary/aromatic N) is 1. The second kappa shape index (κ2) is 5.74. The number of hydrogen-bond donors (Lipinski definition) is 1. The molecule has 3 nitrogen and oxygen atoms in total. The molecule has 0 radical (unpaired) electrons. The van der Waals surface area contributed by atoms with Crippen LogP contribution in [-0.4, -0.2) is 37.7 Å². The van der Waals surface area contributed by atoms with E-state index in [9.17, 15) is 0 Å². The smallest absolute Gasteiger partial charge is 0.123 e. The molecule has 2 saturated heterocycles. The first-order valence-electron chi connectivity index (χ1n) is 7.81. The number of benzene rings is 1. The Labute approximate surface area is 122 Å². The average Bonchev–Trinajstić information content (AvgIpc) is 2.94. The summed E-state index contributed by atoms with van der Waals surface area (Å²) >= 11 is 0. The van der Waals surface area contributed by atoms with Crippen molar-refractivity contribution in [2.24, 2.45) is 5.92 Å². The third kappa shape index (κ3) is 2.45. The van der Waals surface area contributed by atoms with E-state index in [4.69, 9.17) is 4.74 Å². The minimum atomic E-state index is 0.428. The summed E-state index contributed by atoms with van der Waals surface area (Å²) in [6, 6.07) is 7.65. The molecular weight excluding hydrogens is 248 g/mol. The predicted octanol–water partition coefficient (Wildman–Crippen LogP) is 2.75. The molecule has 0 amide bonds. The van der Waals surface area contributed by atoms with Crippen LogP contribution in [0.3, 0.4) is 0 Å². The van der Waals surface area contributed by atoms with E-state index < -0.39 is 0 Å². The van der Waals surface area contributed by atoms with E-state index in [1.54, 1.807) is 7.11 Å². The molecule has 20 heavy (non-hydrogen) atoms. The van der Waals surface area contributed by atoms with Crippen LogP contribution in [0.4, 0.5) is 0 Å².